The number of benzene rings is 1. The Morgan fingerprint density at radius 1 is 1.26 bits per heavy atom. The van der Waals surface area contributed by atoms with Crippen LogP contribution in [0.25, 0.3) is 11.5 Å². The van der Waals surface area contributed by atoms with Crippen LogP contribution in [0.15, 0.2) is 28.7 Å². The van der Waals surface area contributed by atoms with Gasteiger partial charge in [0.25, 0.3) is 0 Å². The molecule has 2 aromatic rings. The maximum atomic E-state index is 10.1. The van der Waals surface area contributed by atoms with E-state index in [-0.39, 0.29) is 6.10 Å². The van der Waals surface area contributed by atoms with E-state index in [2.05, 4.69) is 15.1 Å². The summed E-state index contributed by atoms with van der Waals surface area (Å²) in [5.41, 5.74) is 0.748. The molecule has 2 atom stereocenters. The van der Waals surface area contributed by atoms with Gasteiger partial charge >= 0.3 is 0 Å². The van der Waals surface area contributed by atoms with Crippen molar-refractivity contribution in [1.82, 2.24) is 15.1 Å². The van der Waals surface area contributed by atoms with Gasteiger partial charge in [-0.15, -0.1) is 10.2 Å². The van der Waals surface area contributed by atoms with Crippen molar-refractivity contribution < 1.29 is 9.52 Å². The molecular weight excluding hydrogens is 314 g/mol. The van der Waals surface area contributed by atoms with Crippen molar-refractivity contribution in [3.05, 3.63) is 35.2 Å². The molecule has 1 fully saturated rings. The summed E-state index contributed by atoms with van der Waals surface area (Å²) >= 11 is 6.15. The highest BCUT2D eigenvalue weighted by Gasteiger charge is 2.24. The van der Waals surface area contributed by atoms with Gasteiger partial charge in [-0.2, -0.15) is 0 Å². The van der Waals surface area contributed by atoms with Gasteiger partial charge in [0.05, 0.1) is 23.2 Å². The molecule has 5 nitrogen and oxygen atoms in total. The van der Waals surface area contributed by atoms with Crippen LogP contribution in [-0.4, -0.2) is 39.9 Å². The maximum Gasteiger partial charge on any atom is 0.249 e. The lowest BCUT2D eigenvalue weighted by molar-refractivity contribution is 0.0488. The number of hydrogen-bond acceptors (Lipinski definition) is 5. The van der Waals surface area contributed by atoms with E-state index in [0.29, 0.717) is 29.3 Å². The van der Waals surface area contributed by atoms with E-state index in [1.165, 1.54) is 6.42 Å². The second-order valence-electron chi connectivity index (χ2n) is 6.29. The highest BCUT2D eigenvalue weighted by Crippen LogP contribution is 2.27. The fourth-order valence-electron chi connectivity index (χ4n) is 3.16. The highest BCUT2D eigenvalue weighted by atomic mass is 35.5. The molecule has 0 amide bonds. The van der Waals surface area contributed by atoms with E-state index >= 15 is 0 Å². The summed E-state index contributed by atoms with van der Waals surface area (Å²) in [6.07, 6.45) is 4.14. The van der Waals surface area contributed by atoms with E-state index in [0.717, 1.165) is 31.4 Å². The summed E-state index contributed by atoms with van der Waals surface area (Å²) < 4.78 is 5.73. The van der Waals surface area contributed by atoms with Gasteiger partial charge in [0.2, 0.25) is 11.8 Å². The summed E-state index contributed by atoms with van der Waals surface area (Å²) in [6, 6.07) is 7.42. The molecule has 1 N–H and O–H groups in total. The zero-order chi connectivity index (χ0) is 16.2. The third-order valence-corrected chi connectivity index (χ3v) is 4.72. The SMILES string of the molecule is CN(Cc1nnc(-c2ccccc2Cl)o1)CC1CCCCC1O. The summed E-state index contributed by atoms with van der Waals surface area (Å²) in [6.45, 7) is 1.41. The molecule has 1 aliphatic carbocycles. The number of hydrogen-bond donors (Lipinski definition) is 1. The Hall–Kier alpha value is -1.43. The number of aliphatic hydroxyl groups excluding tert-OH is 1. The summed E-state index contributed by atoms with van der Waals surface area (Å²) in [5, 5.41) is 18.9. The Morgan fingerprint density at radius 2 is 2.04 bits per heavy atom. The van der Waals surface area contributed by atoms with Crippen molar-refractivity contribution in [2.24, 2.45) is 5.92 Å². The second-order valence-corrected chi connectivity index (χ2v) is 6.70. The third-order valence-electron chi connectivity index (χ3n) is 4.39. The molecule has 2 unspecified atom stereocenters. The molecule has 1 saturated carbocycles. The zero-order valence-corrected chi connectivity index (χ0v) is 14.0. The Balaban J connectivity index is 1.61. The number of nitrogens with zero attached hydrogens (tertiary/aromatic N) is 3. The van der Waals surface area contributed by atoms with Crippen molar-refractivity contribution in [3.8, 4) is 11.5 Å². The van der Waals surface area contributed by atoms with Crippen LogP contribution >= 0.6 is 11.6 Å². The van der Waals surface area contributed by atoms with Gasteiger partial charge in [-0.25, -0.2) is 0 Å². The molecule has 23 heavy (non-hydrogen) atoms. The van der Waals surface area contributed by atoms with Gasteiger partial charge in [-0.1, -0.05) is 36.6 Å². The average molecular weight is 336 g/mol. The van der Waals surface area contributed by atoms with Crippen LogP contribution in [-0.2, 0) is 6.54 Å². The summed E-state index contributed by atoms with van der Waals surface area (Å²) in [4.78, 5) is 2.13. The molecule has 0 radical (unpaired) electrons. The zero-order valence-electron chi connectivity index (χ0n) is 13.3. The number of halogens is 1. The molecule has 0 aliphatic heterocycles. The number of aliphatic hydroxyl groups is 1. The van der Waals surface area contributed by atoms with Crippen LogP contribution in [0.5, 0.6) is 0 Å². The quantitative estimate of drug-likeness (QED) is 0.907. The minimum Gasteiger partial charge on any atom is -0.419 e. The number of aromatic nitrogens is 2. The van der Waals surface area contributed by atoms with Gasteiger partial charge in [0.15, 0.2) is 0 Å². The fraction of sp³-hybridized carbons (Fsp3) is 0.529. The van der Waals surface area contributed by atoms with Gasteiger partial charge in [0.1, 0.15) is 0 Å². The fourth-order valence-corrected chi connectivity index (χ4v) is 3.37. The van der Waals surface area contributed by atoms with Crippen LogP contribution in [0.3, 0.4) is 0 Å². The van der Waals surface area contributed by atoms with Crippen LogP contribution in [0.4, 0.5) is 0 Å². The number of rotatable bonds is 5. The first-order valence-corrected chi connectivity index (χ1v) is 8.45. The molecule has 0 spiro atoms. The predicted octanol–water partition coefficient (Wildman–Crippen LogP) is 3.37. The Morgan fingerprint density at radius 3 is 2.83 bits per heavy atom. The Labute approximate surface area is 141 Å². The molecule has 1 heterocycles. The van der Waals surface area contributed by atoms with Crippen molar-refractivity contribution in [1.29, 1.82) is 0 Å². The maximum absolute atomic E-state index is 10.1. The van der Waals surface area contributed by atoms with Crippen LogP contribution < -0.4 is 0 Å². The highest BCUT2D eigenvalue weighted by molar-refractivity contribution is 6.33. The molecule has 1 aliphatic rings. The van der Waals surface area contributed by atoms with E-state index in [1.807, 2.05) is 25.2 Å². The van der Waals surface area contributed by atoms with E-state index in [4.69, 9.17) is 16.0 Å². The first kappa shape index (κ1) is 16.4. The summed E-state index contributed by atoms with van der Waals surface area (Å²) in [7, 11) is 2.01. The van der Waals surface area contributed by atoms with E-state index in [1.54, 1.807) is 6.07 Å². The topological polar surface area (TPSA) is 62.4 Å². The lowest BCUT2D eigenvalue weighted by Crippen LogP contribution is -2.34. The normalized spacial score (nSPS) is 21.7. The van der Waals surface area contributed by atoms with Crippen molar-refractivity contribution in [2.45, 2.75) is 38.3 Å². The molecule has 0 saturated heterocycles. The van der Waals surface area contributed by atoms with Crippen molar-refractivity contribution in [3.63, 3.8) is 0 Å². The van der Waals surface area contributed by atoms with E-state index < -0.39 is 0 Å². The largest absolute Gasteiger partial charge is 0.419 e. The standard InChI is InChI=1S/C17H22ClN3O2/c1-21(10-12-6-2-5-9-15(12)22)11-16-19-20-17(23-16)13-7-3-4-8-14(13)18/h3-4,7-8,12,15,22H,2,5-6,9-11H2,1H3. The first-order chi connectivity index (χ1) is 11.1. The Kier molecular flexibility index (Phi) is 5.30. The lowest BCUT2D eigenvalue weighted by Gasteiger charge is -2.30. The van der Waals surface area contributed by atoms with E-state index in [9.17, 15) is 5.11 Å². The van der Waals surface area contributed by atoms with Gasteiger partial charge in [-0.3, -0.25) is 4.90 Å². The molecule has 6 heteroatoms. The first-order valence-electron chi connectivity index (χ1n) is 8.07. The van der Waals surface area contributed by atoms with Gasteiger partial charge in [-0.05, 0) is 37.9 Å². The summed E-state index contributed by atoms with van der Waals surface area (Å²) in [5.74, 6) is 1.34. The molecular formula is C17H22ClN3O2. The molecule has 124 valence electrons. The minimum absolute atomic E-state index is 0.187. The molecule has 1 aromatic heterocycles. The molecule has 3 rings (SSSR count). The smallest absolute Gasteiger partial charge is 0.249 e. The average Bonchev–Trinajstić information content (AvgIpc) is 2.98. The third kappa shape index (κ3) is 4.10. The van der Waals surface area contributed by atoms with Crippen molar-refractivity contribution >= 4 is 11.6 Å². The van der Waals surface area contributed by atoms with Crippen LogP contribution in [0, 0.1) is 5.92 Å². The molecule has 0 bridgehead atoms. The van der Waals surface area contributed by atoms with Gasteiger partial charge in [0, 0.05) is 6.54 Å². The van der Waals surface area contributed by atoms with Gasteiger partial charge < -0.3 is 9.52 Å². The Bertz CT molecular complexity index is 646. The van der Waals surface area contributed by atoms with Crippen LogP contribution in [0.1, 0.15) is 31.6 Å². The lowest BCUT2D eigenvalue weighted by atomic mass is 9.86. The second kappa shape index (κ2) is 7.43. The predicted molar refractivity (Wildman–Crippen MR) is 89.0 cm³/mol. The monoisotopic (exact) mass is 335 g/mol. The van der Waals surface area contributed by atoms with Crippen molar-refractivity contribution in [2.75, 3.05) is 13.6 Å². The minimum atomic E-state index is -0.187. The van der Waals surface area contributed by atoms with Crippen LogP contribution in [0.2, 0.25) is 5.02 Å². The molecule has 1 aromatic carbocycles.